The fraction of sp³-hybridized carbons (Fsp3) is 0.333. The fourth-order valence-corrected chi connectivity index (χ4v) is 1.23. The molecule has 0 aliphatic carbocycles. The van der Waals surface area contributed by atoms with Gasteiger partial charge < -0.3 is 20.9 Å². The van der Waals surface area contributed by atoms with Crippen LogP contribution in [0.15, 0.2) is 18.2 Å². The standard InChI is InChI=1S/C9H13N2O3/c1-14-8-2-3-9(11(12)13)7(6-8)4-5-10/h2-3,6,12H,4-5,10H2,1H3/q-1. The average molecular weight is 197 g/mol. The maximum atomic E-state index is 10.7. The maximum Gasteiger partial charge on any atom is 0.119 e. The van der Waals surface area contributed by atoms with Crippen molar-refractivity contribution in [3.63, 3.8) is 0 Å². The first-order chi connectivity index (χ1) is 6.69. The molecule has 5 nitrogen and oxygen atoms in total. The van der Waals surface area contributed by atoms with Gasteiger partial charge in [-0.15, -0.1) is 0 Å². The Morgan fingerprint density at radius 3 is 2.79 bits per heavy atom. The minimum atomic E-state index is -0.162. The Hall–Kier alpha value is -1.30. The first kappa shape index (κ1) is 10.8. The summed E-state index contributed by atoms with van der Waals surface area (Å²) in [4.78, 5) is 0. The van der Waals surface area contributed by atoms with Gasteiger partial charge in [0.25, 0.3) is 0 Å². The number of rotatable bonds is 4. The van der Waals surface area contributed by atoms with Crippen LogP contribution in [0.2, 0.25) is 0 Å². The summed E-state index contributed by atoms with van der Waals surface area (Å²) in [5.41, 5.74) is 6.25. The molecule has 0 bridgehead atoms. The molecule has 3 N–H and O–H groups in total. The Morgan fingerprint density at radius 1 is 1.57 bits per heavy atom. The highest BCUT2D eigenvalue weighted by molar-refractivity contribution is 5.55. The van der Waals surface area contributed by atoms with Gasteiger partial charge in [0, 0.05) is 0 Å². The summed E-state index contributed by atoms with van der Waals surface area (Å²) in [6.45, 7) is 0.411. The Morgan fingerprint density at radius 2 is 2.29 bits per heavy atom. The van der Waals surface area contributed by atoms with Crippen LogP contribution in [0.25, 0.3) is 0 Å². The third-order valence-corrected chi connectivity index (χ3v) is 1.91. The van der Waals surface area contributed by atoms with Gasteiger partial charge in [0.15, 0.2) is 0 Å². The van der Waals surface area contributed by atoms with E-state index in [0.29, 0.717) is 24.3 Å². The summed E-state index contributed by atoms with van der Waals surface area (Å²) in [6.07, 6.45) is 0.520. The monoisotopic (exact) mass is 197 g/mol. The number of nitrogens with two attached hydrogens (primary N) is 1. The SMILES string of the molecule is COc1ccc(N([O-])O)c(CCN)c1. The van der Waals surface area contributed by atoms with Crippen LogP contribution in [-0.4, -0.2) is 18.9 Å². The molecule has 5 heteroatoms. The van der Waals surface area contributed by atoms with Gasteiger partial charge in [-0.2, -0.15) is 0 Å². The molecule has 0 saturated heterocycles. The van der Waals surface area contributed by atoms with Crippen LogP contribution in [0.5, 0.6) is 5.75 Å². The van der Waals surface area contributed by atoms with Crippen molar-refractivity contribution in [2.24, 2.45) is 5.73 Å². The van der Waals surface area contributed by atoms with Crippen molar-refractivity contribution in [2.45, 2.75) is 6.42 Å². The summed E-state index contributed by atoms with van der Waals surface area (Å²) < 4.78 is 4.99. The second-order valence-electron chi connectivity index (χ2n) is 2.81. The van der Waals surface area contributed by atoms with E-state index in [1.54, 1.807) is 12.1 Å². The van der Waals surface area contributed by atoms with Crippen molar-refractivity contribution in [1.29, 1.82) is 0 Å². The predicted octanol–water partition coefficient (Wildman–Crippen LogP) is 0.890. The first-order valence-corrected chi connectivity index (χ1v) is 4.22. The second kappa shape index (κ2) is 4.80. The van der Waals surface area contributed by atoms with E-state index in [-0.39, 0.29) is 10.9 Å². The molecule has 0 heterocycles. The molecule has 0 fully saturated rings. The van der Waals surface area contributed by atoms with Crippen LogP contribution in [0.1, 0.15) is 5.56 Å². The van der Waals surface area contributed by atoms with Gasteiger partial charge in [0.05, 0.1) is 12.8 Å². The number of benzene rings is 1. The number of ether oxygens (including phenoxy) is 1. The molecular formula is C9H13N2O3-. The number of methoxy groups -OCH3 is 1. The maximum absolute atomic E-state index is 10.7. The molecule has 0 aliphatic rings. The van der Waals surface area contributed by atoms with Gasteiger partial charge in [0.2, 0.25) is 0 Å². The lowest BCUT2D eigenvalue weighted by Gasteiger charge is -2.24. The number of hydrogen-bond donors (Lipinski definition) is 2. The molecule has 0 spiro atoms. The van der Waals surface area contributed by atoms with E-state index in [1.807, 2.05) is 0 Å². The molecule has 0 unspecified atom stereocenters. The minimum absolute atomic E-state index is 0.162. The van der Waals surface area contributed by atoms with Crippen molar-refractivity contribution < 1.29 is 9.94 Å². The summed E-state index contributed by atoms with van der Waals surface area (Å²) in [5, 5.41) is 19.4. The molecule has 14 heavy (non-hydrogen) atoms. The van der Waals surface area contributed by atoms with E-state index in [4.69, 9.17) is 15.7 Å². The van der Waals surface area contributed by atoms with Gasteiger partial charge >= 0.3 is 0 Å². The van der Waals surface area contributed by atoms with Crippen LogP contribution >= 0.6 is 0 Å². The van der Waals surface area contributed by atoms with Crippen molar-refractivity contribution in [3.8, 4) is 5.75 Å². The van der Waals surface area contributed by atoms with Crippen LogP contribution in [0, 0.1) is 5.21 Å². The lowest BCUT2D eigenvalue weighted by atomic mass is 10.1. The topological polar surface area (TPSA) is 81.8 Å². The number of hydrogen-bond acceptors (Lipinski definition) is 5. The van der Waals surface area contributed by atoms with Gasteiger partial charge in [-0.05, 0) is 36.7 Å². The predicted molar refractivity (Wildman–Crippen MR) is 53.4 cm³/mol. The molecule has 0 amide bonds. The summed E-state index contributed by atoms with van der Waals surface area (Å²) in [5.74, 6) is 0.638. The summed E-state index contributed by atoms with van der Waals surface area (Å²) >= 11 is 0. The van der Waals surface area contributed by atoms with Gasteiger partial charge in [-0.3, -0.25) is 5.21 Å². The third kappa shape index (κ3) is 2.35. The normalized spacial score (nSPS) is 10.0. The summed E-state index contributed by atoms with van der Waals surface area (Å²) in [7, 11) is 1.54. The summed E-state index contributed by atoms with van der Waals surface area (Å²) in [6, 6.07) is 4.79. The largest absolute Gasteiger partial charge is 0.733 e. The zero-order valence-corrected chi connectivity index (χ0v) is 7.93. The molecular weight excluding hydrogens is 184 g/mol. The second-order valence-corrected chi connectivity index (χ2v) is 2.81. The molecule has 0 saturated carbocycles. The zero-order valence-electron chi connectivity index (χ0n) is 7.93. The van der Waals surface area contributed by atoms with Crippen molar-refractivity contribution in [1.82, 2.24) is 0 Å². The van der Waals surface area contributed by atoms with Gasteiger partial charge in [0.1, 0.15) is 5.75 Å². The highest BCUT2D eigenvalue weighted by Gasteiger charge is 2.04. The van der Waals surface area contributed by atoms with E-state index in [0.717, 1.165) is 0 Å². The highest BCUT2D eigenvalue weighted by atomic mass is 16.8. The van der Waals surface area contributed by atoms with Gasteiger partial charge in [-0.1, -0.05) is 0 Å². The van der Waals surface area contributed by atoms with E-state index in [1.165, 1.54) is 13.2 Å². The molecule has 78 valence electrons. The van der Waals surface area contributed by atoms with E-state index < -0.39 is 0 Å². The van der Waals surface area contributed by atoms with Crippen LogP contribution in [0.4, 0.5) is 5.69 Å². The molecule has 0 atom stereocenters. The Kier molecular flexibility index (Phi) is 3.70. The zero-order chi connectivity index (χ0) is 10.6. The Balaban J connectivity index is 3.03. The number of nitrogens with zero attached hydrogens (tertiary/aromatic N) is 1. The molecule has 0 aliphatic heterocycles. The molecule has 0 radical (unpaired) electrons. The molecule has 0 aromatic heterocycles. The van der Waals surface area contributed by atoms with E-state index in [9.17, 15) is 5.21 Å². The fourth-order valence-electron chi connectivity index (χ4n) is 1.23. The molecule has 1 rings (SSSR count). The lowest BCUT2D eigenvalue weighted by molar-refractivity contribution is 0.295. The van der Waals surface area contributed by atoms with Crippen molar-refractivity contribution >= 4 is 5.69 Å². The Bertz CT molecular complexity index is 302. The Labute approximate surface area is 82.2 Å². The number of anilines is 1. The van der Waals surface area contributed by atoms with Crippen LogP contribution in [-0.2, 0) is 6.42 Å². The average Bonchev–Trinajstić information content (AvgIpc) is 2.17. The van der Waals surface area contributed by atoms with E-state index >= 15 is 0 Å². The van der Waals surface area contributed by atoms with Crippen LogP contribution < -0.4 is 15.7 Å². The highest BCUT2D eigenvalue weighted by Crippen LogP contribution is 2.24. The first-order valence-electron chi connectivity index (χ1n) is 4.22. The minimum Gasteiger partial charge on any atom is -0.733 e. The van der Waals surface area contributed by atoms with Gasteiger partial charge in [-0.25, -0.2) is 0 Å². The third-order valence-electron chi connectivity index (χ3n) is 1.91. The van der Waals surface area contributed by atoms with Crippen LogP contribution in [0.3, 0.4) is 0 Å². The lowest BCUT2D eigenvalue weighted by Crippen LogP contribution is -2.12. The molecule has 1 aromatic rings. The van der Waals surface area contributed by atoms with Crippen molar-refractivity contribution in [3.05, 3.63) is 29.0 Å². The quantitative estimate of drug-likeness (QED) is 0.700. The smallest absolute Gasteiger partial charge is 0.119 e. The van der Waals surface area contributed by atoms with E-state index in [2.05, 4.69) is 0 Å². The molecule has 1 aromatic carbocycles. The van der Waals surface area contributed by atoms with Crippen molar-refractivity contribution in [2.75, 3.05) is 18.9 Å².